The topological polar surface area (TPSA) is 38.8 Å². The predicted molar refractivity (Wildman–Crippen MR) is 80.3 cm³/mol. The minimum atomic E-state index is -0.250. The van der Waals surface area contributed by atoms with E-state index in [1.165, 1.54) is 0 Å². The van der Waals surface area contributed by atoms with Gasteiger partial charge in [0.2, 0.25) is 0 Å². The van der Waals surface area contributed by atoms with E-state index in [0.717, 1.165) is 25.9 Å². The van der Waals surface area contributed by atoms with E-state index < -0.39 is 0 Å². The summed E-state index contributed by atoms with van der Waals surface area (Å²) in [6.07, 6.45) is 3.02. The second-order valence-electron chi connectivity index (χ2n) is 6.62. The molecule has 2 saturated heterocycles. The lowest BCUT2D eigenvalue weighted by molar-refractivity contribution is -0.0831. The molecule has 0 N–H and O–H groups in total. The SMILES string of the molecule is CC(C)(COC(=O)c1ccccc1)N1C[C@H]2CC[C@@H](C1)O2. The first-order valence-corrected chi connectivity index (χ1v) is 7.67. The minimum Gasteiger partial charge on any atom is -0.460 e. The highest BCUT2D eigenvalue weighted by Gasteiger charge is 2.40. The normalized spacial score (nSPS) is 25.8. The molecule has 2 aliphatic heterocycles. The molecule has 0 saturated carbocycles. The molecule has 3 rings (SSSR count). The van der Waals surface area contributed by atoms with Crippen LogP contribution in [0, 0.1) is 0 Å². The zero-order valence-corrected chi connectivity index (χ0v) is 12.7. The molecule has 0 aliphatic carbocycles. The Morgan fingerprint density at radius 3 is 2.48 bits per heavy atom. The smallest absolute Gasteiger partial charge is 0.338 e. The van der Waals surface area contributed by atoms with Gasteiger partial charge >= 0.3 is 5.97 Å². The molecule has 1 aromatic carbocycles. The van der Waals surface area contributed by atoms with Gasteiger partial charge in [-0.2, -0.15) is 0 Å². The lowest BCUT2D eigenvalue weighted by Crippen LogP contribution is -2.55. The Balaban J connectivity index is 1.57. The lowest BCUT2D eigenvalue weighted by atomic mass is 10.0. The summed E-state index contributed by atoms with van der Waals surface area (Å²) in [5, 5.41) is 0. The third-order valence-corrected chi connectivity index (χ3v) is 4.47. The van der Waals surface area contributed by atoms with E-state index in [0.29, 0.717) is 24.4 Å². The summed E-state index contributed by atoms with van der Waals surface area (Å²) in [5.41, 5.74) is 0.449. The standard InChI is InChI=1S/C17H23NO3/c1-17(2,18-10-14-8-9-15(11-18)21-14)12-20-16(19)13-6-4-3-5-7-13/h3-7,14-15H,8-12H2,1-2H3/t14-,15+. The maximum absolute atomic E-state index is 12.0. The molecule has 2 heterocycles. The van der Waals surface area contributed by atoms with Crippen molar-refractivity contribution in [2.24, 2.45) is 0 Å². The number of morpholine rings is 1. The monoisotopic (exact) mass is 289 g/mol. The highest BCUT2D eigenvalue weighted by atomic mass is 16.5. The number of hydrogen-bond acceptors (Lipinski definition) is 4. The number of rotatable bonds is 4. The summed E-state index contributed by atoms with van der Waals surface area (Å²) in [4.78, 5) is 14.4. The lowest BCUT2D eigenvalue weighted by Gasteiger charge is -2.42. The van der Waals surface area contributed by atoms with Gasteiger partial charge in [0.25, 0.3) is 0 Å². The fourth-order valence-electron chi connectivity index (χ4n) is 3.10. The van der Waals surface area contributed by atoms with E-state index in [9.17, 15) is 4.79 Å². The van der Waals surface area contributed by atoms with Crippen LogP contribution in [0.15, 0.2) is 30.3 Å². The van der Waals surface area contributed by atoms with Crippen molar-refractivity contribution in [2.45, 2.75) is 44.4 Å². The van der Waals surface area contributed by atoms with E-state index in [1.807, 2.05) is 18.2 Å². The Kier molecular flexibility index (Phi) is 4.00. The third kappa shape index (κ3) is 3.27. The van der Waals surface area contributed by atoms with Gasteiger partial charge in [-0.1, -0.05) is 18.2 Å². The number of carbonyl (C=O) groups is 1. The molecule has 0 amide bonds. The largest absolute Gasteiger partial charge is 0.460 e. The average Bonchev–Trinajstić information content (AvgIpc) is 2.84. The predicted octanol–water partition coefficient (Wildman–Crippen LogP) is 2.49. The summed E-state index contributed by atoms with van der Waals surface area (Å²) < 4.78 is 11.4. The summed E-state index contributed by atoms with van der Waals surface area (Å²) >= 11 is 0. The molecule has 4 nitrogen and oxygen atoms in total. The van der Waals surface area contributed by atoms with Crippen molar-refractivity contribution in [3.8, 4) is 0 Å². The second kappa shape index (κ2) is 5.78. The van der Waals surface area contributed by atoms with Crippen LogP contribution in [0.5, 0.6) is 0 Å². The van der Waals surface area contributed by atoms with E-state index in [2.05, 4.69) is 18.7 Å². The molecule has 114 valence electrons. The van der Waals surface area contributed by atoms with Crippen LogP contribution in [-0.4, -0.2) is 48.3 Å². The first kappa shape index (κ1) is 14.5. The molecule has 2 fully saturated rings. The van der Waals surface area contributed by atoms with Gasteiger partial charge in [0.1, 0.15) is 6.61 Å². The number of nitrogens with zero attached hydrogens (tertiary/aromatic N) is 1. The first-order chi connectivity index (χ1) is 10.0. The van der Waals surface area contributed by atoms with Gasteiger partial charge in [0.15, 0.2) is 0 Å². The molecule has 21 heavy (non-hydrogen) atoms. The number of benzene rings is 1. The number of fused-ring (bicyclic) bond motifs is 2. The molecule has 4 heteroatoms. The van der Waals surface area contributed by atoms with Gasteiger partial charge in [-0.15, -0.1) is 0 Å². The van der Waals surface area contributed by atoms with Crippen molar-refractivity contribution in [1.29, 1.82) is 0 Å². The Labute approximate surface area is 126 Å². The second-order valence-corrected chi connectivity index (χ2v) is 6.62. The average molecular weight is 289 g/mol. The van der Waals surface area contributed by atoms with Crippen molar-refractivity contribution in [2.75, 3.05) is 19.7 Å². The van der Waals surface area contributed by atoms with Gasteiger partial charge in [-0.3, -0.25) is 4.90 Å². The quantitative estimate of drug-likeness (QED) is 0.798. The van der Waals surface area contributed by atoms with Crippen molar-refractivity contribution < 1.29 is 14.3 Å². The van der Waals surface area contributed by atoms with Gasteiger partial charge in [0, 0.05) is 18.6 Å². The van der Waals surface area contributed by atoms with Crippen LogP contribution in [0.1, 0.15) is 37.0 Å². The van der Waals surface area contributed by atoms with Crippen molar-refractivity contribution >= 4 is 5.97 Å². The third-order valence-electron chi connectivity index (χ3n) is 4.47. The number of hydrogen-bond donors (Lipinski definition) is 0. The Bertz CT molecular complexity index is 488. The molecule has 2 aliphatic rings. The molecular weight excluding hydrogens is 266 g/mol. The molecular formula is C17H23NO3. The summed E-state index contributed by atoms with van der Waals surface area (Å²) in [5.74, 6) is -0.250. The van der Waals surface area contributed by atoms with Crippen molar-refractivity contribution in [3.63, 3.8) is 0 Å². The Morgan fingerprint density at radius 1 is 1.24 bits per heavy atom. The number of carbonyl (C=O) groups excluding carboxylic acids is 1. The van der Waals surface area contributed by atoms with Crippen LogP contribution in [0.4, 0.5) is 0 Å². The fourth-order valence-corrected chi connectivity index (χ4v) is 3.10. The maximum Gasteiger partial charge on any atom is 0.338 e. The van der Waals surface area contributed by atoms with Gasteiger partial charge < -0.3 is 9.47 Å². The maximum atomic E-state index is 12.0. The summed E-state index contributed by atoms with van der Waals surface area (Å²) in [6, 6.07) is 9.15. The van der Waals surface area contributed by atoms with Crippen LogP contribution in [0.3, 0.4) is 0 Å². The molecule has 2 atom stereocenters. The minimum absolute atomic E-state index is 0.158. The van der Waals surface area contributed by atoms with E-state index >= 15 is 0 Å². The van der Waals surface area contributed by atoms with Crippen molar-refractivity contribution in [1.82, 2.24) is 4.90 Å². The van der Waals surface area contributed by atoms with Crippen LogP contribution in [-0.2, 0) is 9.47 Å². The molecule has 0 aromatic heterocycles. The van der Waals surface area contributed by atoms with E-state index in [4.69, 9.17) is 9.47 Å². The number of ether oxygens (including phenoxy) is 2. The zero-order valence-electron chi connectivity index (χ0n) is 12.7. The van der Waals surface area contributed by atoms with Gasteiger partial charge in [-0.05, 0) is 38.8 Å². The molecule has 2 bridgehead atoms. The highest BCUT2D eigenvalue weighted by Crippen LogP contribution is 2.30. The van der Waals surface area contributed by atoms with E-state index in [-0.39, 0.29) is 11.5 Å². The number of likely N-dealkylation sites (tertiary alicyclic amines) is 1. The fraction of sp³-hybridized carbons (Fsp3) is 0.588. The van der Waals surface area contributed by atoms with Crippen molar-refractivity contribution in [3.05, 3.63) is 35.9 Å². The molecule has 0 radical (unpaired) electrons. The van der Waals surface area contributed by atoms with Gasteiger partial charge in [0.05, 0.1) is 17.8 Å². The molecule has 0 spiro atoms. The molecule has 0 unspecified atom stereocenters. The first-order valence-electron chi connectivity index (χ1n) is 7.67. The zero-order chi connectivity index (χ0) is 14.9. The summed E-state index contributed by atoms with van der Waals surface area (Å²) in [6.45, 7) is 6.55. The Morgan fingerprint density at radius 2 is 1.86 bits per heavy atom. The van der Waals surface area contributed by atoms with Crippen LogP contribution in [0.25, 0.3) is 0 Å². The van der Waals surface area contributed by atoms with Crippen LogP contribution >= 0.6 is 0 Å². The Hall–Kier alpha value is -1.39. The summed E-state index contributed by atoms with van der Waals surface area (Å²) in [7, 11) is 0. The van der Waals surface area contributed by atoms with Crippen LogP contribution < -0.4 is 0 Å². The molecule has 1 aromatic rings. The highest BCUT2D eigenvalue weighted by molar-refractivity contribution is 5.89. The number of esters is 1. The van der Waals surface area contributed by atoms with E-state index in [1.54, 1.807) is 12.1 Å². The van der Waals surface area contributed by atoms with Gasteiger partial charge in [-0.25, -0.2) is 4.79 Å². The van der Waals surface area contributed by atoms with Crippen LogP contribution in [0.2, 0.25) is 0 Å².